The van der Waals surface area contributed by atoms with Crippen molar-refractivity contribution >= 4 is 23.9 Å². The molecule has 0 spiro atoms. The van der Waals surface area contributed by atoms with Crippen LogP contribution >= 0.6 is 0 Å². The van der Waals surface area contributed by atoms with Gasteiger partial charge in [-0.2, -0.15) is 0 Å². The van der Waals surface area contributed by atoms with E-state index in [1.165, 1.54) is 14.2 Å². The van der Waals surface area contributed by atoms with Crippen LogP contribution in [0.15, 0.2) is 60.7 Å². The molecule has 1 saturated carbocycles. The van der Waals surface area contributed by atoms with Gasteiger partial charge in [0.1, 0.15) is 24.0 Å². The van der Waals surface area contributed by atoms with Crippen LogP contribution in [0.5, 0.6) is 0 Å². The lowest BCUT2D eigenvalue weighted by Gasteiger charge is -2.51. The summed E-state index contributed by atoms with van der Waals surface area (Å²) < 4.78 is 23.1. The smallest absolute Gasteiger partial charge is 0.314 e. The number of carbonyl (C=O) groups is 4. The minimum Gasteiger partial charge on any atom is -0.469 e. The maximum atomic E-state index is 14.5. The van der Waals surface area contributed by atoms with E-state index >= 15 is 0 Å². The van der Waals surface area contributed by atoms with Crippen LogP contribution in [0.4, 0.5) is 0 Å². The van der Waals surface area contributed by atoms with Gasteiger partial charge in [-0.25, -0.2) is 0 Å². The van der Waals surface area contributed by atoms with Crippen molar-refractivity contribution in [2.75, 3.05) is 28.3 Å². The largest absolute Gasteiger partial charge is 0.469 e. The van der Waals surface area contributed by atoms with E-state index in [4.69, 9.17) is 18.9 Å². The van der Waals surface area contributed by atoms with Crippen LogP contribution in [0.25, 0.3) is 0 Å². The van der Waals surface area contributed by atoms with Gasteiger partial charge >= 0.3 is 23.9 Å². The number of fused-ring (bicyclic) bond motifs is 4. The van der Waals surface area contributed by atoms with Crippen LogP contribution in [0.2, 0.25) is 0 Å². The number of esters is 4. The van der Waals surface area contributed by atoms with E-state index in [0.29, 0.717) is 12.8 Å². The van der Waals surface area contributed by atoms with Gasteiger partial charge in [-0.15, -0.1) is 0 Å². The van der Waals surface area contributed by atoms with E-state index in [2.05, 4.69) is 9.80 Å². The normalized spacial score (nSPS) is 37.2. The van der Waals surface area contributed by atoms with Gasteiger partial charge in [-0.1, -0.05) is 60.7 Å². The Kier molecular flexibility index (Phi) is 9.06. The summed E-state index contributed by atoms with van der Waals surface area (Å²) in [6.07, 6.45) is 3.24. The minimum atomic E-state index is -0.847. The summed E-state index contributed by atoms with van der Waals surface area (Å²) in [5, 5.41) is 0. The number of benzene rings is 2. The molecule has 0 amide bonds. The molecular formula is C38H46N2O8. The highest BCUT2D eigenvalue weighted by Crippen LogP contribution is 2.59. The molecule has 0 radical (unpaired) electrons. The Hall–Kier alpha value is -3.76. The van der Waals surface area contributed by atoms with Gasteiger partial charge in [-0.3, -0.25) is 29.0 Å². The minimum absolute atomic E-state index is 0.0757. The van der Waals surface area contributed by atoms with Crippen molar-refractivity contribution in [3.63, 3.8) is 0 Å². The van der Waals surface area contributed by atoms with Crippen LogP contribution in [0.3, 0.4) is 0 Å². The SMILES string of the molecule is COC(=O)C1C(OC(=O)[C@H]2[C@H](C(=O)OC3C[C@@H]4CC[C@H](C3C(=O)OC)N4C)[C@H](c3ccccc3)[C@H]2c2ccccc2)C[C@@H]2CC[C@H]1N2C. The van der Waals surface area contributed by atoms with Crippen LogP contribution in [-0.2, 0) is 38.1 Å². The standard InChI is InChI=1S/C38H46N2O8/c1-39-23-15-17-25(39)31(35(41)45-3)27(19-23)47-37(43)33-29(21-11-7-5-8-12-21)30(22-13-9-6-10-14-22)34(33)38(44)48-28-20-24-16-18-26(40(24)2)32(28)36(42)46-4/h5-14,23-34H,15-20H2,1-4H3/t23-,24-,25+,26+,27?,28?,29+,30+,31?,32?,33+,34+/m0/s1. The van der Waals surface area contributed by atoms with E-state index in [9.17, 15) is 19.2 Å². The molecule has 4 unspecified atom stereocenters. The van der Waals surface area contributed by atoms with Crippen molar-refractivity contribution in [3.8, 4) is 0 Å². The van der Waals surface area contributed by atoms with Gasteiger partial charge in [0.15, 0.2) is 0 Å². The zero-order valence-corrected chi connectivity index (χ0v) is 28.1. The van der Waals surface area contributed by atoms with Gasteiger partial charge in [0.25, 0.3) is 0 Å². The van der Waals surface area contributed by atoms with Crippen LogP contribution in [0.1, 0.15) is 61.5 Å². The summed E-state index contributed by atoms with van der Waals surface area (Å²) >= 11 is 0. The Balaban J connectivity index is 1.23. The molecule has 5 fully saturated rings. The summed E-state index contributed by atoms with van der Waals surface area (Å²) in [7, 11) is 6.77. The van der Waals surface area contributed by atoms with Crippen molar-refractivity contribution in [2.45, 2.75) is 86.7 Å². The zero-order chi connectivity index (χ0) is 33.7. The molecule has 12 atom stereocenters. The number of methoxy groups -OCH3 is 2. The Morgan fingerprint density at radius 3 is 1.27 bits per heavy atom. The first kappa shape index (κ1) is 32.8. The fourth-order valence-corrected chi connectivity index (χ4v) is 9.94. The van der Waals surface area contributed by atoms with E-state index in [1.807, 2.05) is 74.8 Å². The molecule has 4 saturated heterocycles. The zero-order valence-electron chi connectivity index (χ0n) is 28.1. The first-order valence-electron chi connectivity index (χ1n) is 17.3. The molecule has 4 aliphatic heterocycles. The number of rotatable bonds is 8. The summed E-state index contributed by atoms with van der Waals surface area (Å²) in [6.45, 7) is 0. The lowest BCUT2D eigenvalue weighted by Crippen LogP contribution is -2.58. The lowest BCUT2D eigenvalue weighted by atomic mass is 9.52. The summed E-state index contributed by atoms with van der Waals surface area (Å²) in [4.78, 5) is 59.7. The number of ether oxygens (including phenoxy) is 4. The Bertz CT molecular complexity index is 1410. The second kappa shape index (κ2) is 13.3. The summed E-state index contributed by atoms with van der Waals surface area (Å²) in [6, 6.07) is 19.8. The average Bonchev–Trinajstić information content (AvgIpc) is 3.45. The molecule has 7 rings (SSSR count). The van der Waals surface area contributed by atoms with Crippen LogP contribution in [0, 0.1) is 23.7 Å². The van der Waals surface area contributed by atoms with Crippen LogP contribution in [-0.4, -0.2) is 98.4 Å². The monoisotopic (exact) mass is 658 g/mol. The van der Waals surface area contributed by atoms with Crippen LogP contribution < -0.4 is 0 Å². The number of hydrogen-bond acceptors (Lipinski definition) is 10. The van der Waals surface area contributed by atoms with Crippen molar-refractivity contribution in [1.82, 2.24) is 9.80 Å². The predicted molar refractivity (Wildman–Crippen MR) is 174 cm³/mol. The molecule has 10 heteroatoms. The molecule has 10 nitrogen and oxygen atoms in total. The van der Waals surface area contributed by atoms with Gasteiger partial charge in [-0.05, 0) is 50.9 Å². The first-order chi connectivity index (χ1) is 23.2. The summed E-state index contributed by atoms with van der Waals surface area (Å²) in [5.41, 5.74) is 1.85. The molecule has 48 heavy (non-hydrogen) atoms. The number of nitrogens with zero attached hydrogens (tertiary/aromatic N) is 2. The Morgan fingerprint density at radius 1 is 0.542 bits per heavy atom. The fourth-order valence-electron chi connectivity index (χ4n) is 9.94. The molecule has 4 bridgehead atoms. The second-order valence-electron chi connectivity index (χ2n) is 14.4. The average molecular weight is 659 g/mol. The molecule has 2 aromatic carbocycles. The summed E-state index contributed by atoms with van der Waals surface area (Å²) in [5.74, 6) is -5.41. The van der Waals surface area contributed by atoms with Gasteiger partial charge in [0.05, 0.1) is 26.1 Å². The third kappa shape index (κ3) is 5.50. The fraction of sp³-hybridized carbons (Fsp3) is 0.579. The third-order valence-corrected chi connectivity index (χ3v) is 12.4. The first-order valence-corrected chi connectivity index (χ1v) is 17.3. The second-order valence-corrected chi connectivity index (χ2v) is 14.4. The van der Waals surface area contributed by atoms with E-state index in [1.54, 1.807) is 0 Å². The number of carbonyl (C=O) groups excluding carboxylic acids is 4. The highest BCUT2D eigenvalue weighted by molar-refractivity contribution is 5.88. The van der Waals surface area contributed by atoms with E-state index in [-0.39, 0.29) is 47.9 Å². The van der Waals surface area contributed by atoms with Crippen molar-refractivity contribution in [2.24, 2.45) is 23.7 Å². The van der Waals surface area contributed by atoms with Crippen molar-refractivity contribution in [1.29, 1.82) is 0 Å². The van der Waals surface area contributed by atoms with E-state index in [0.717, 1.165) is 36.8 Å². The molecule has 5 aliphatic rings. The maximum absolute atomic E-state index is 14.5. The lowest BCUT2D eigenvalue weighted by molar-refractivity contribution is -0.190. The topological polar surface area (TPSA) is 112 Å². The highest BCUT2D eigenvalue weighted by Gasteiger charge is 2.62. The third-order valence-electron chi connectivity index (χ3n) is 12.4. The molecule has 0 aromatic heterocycles. The Labute approximate surface area is 282 Å². The van der Waals surface area contributed by atoms with Crippen molar-refractivity contribution < 1.29 is 38.1 Å². The van der Waals surface area contributed by atoms with E-state index < -0.39 is 47.8 Å². The Morgan fingerprint density at radius 2 is 0.917 bits per heavy atom. The molecule has 2 aromatic rings. The predicted octanol–water partition coefficient (Wildman–Crippen LogP) is 3.94. The molecule has 4 heterocycles. The van der Waals surface area contributed by atoms with Gasteiger partial charge < -0.3 is 18.9 Å². The molecule has 1 aliphatic carbocycles. The number of piperidine rings is 2. The molecule has 0 N–H and O–H groups in total. The molecule has 256 valence electrons. The quantitative estimate of drug-likeness (QED) is 0.306. The number of hydrogen-bond donors (Lipinski definition) is 0. The van der Waals surface area contributed by atoms with Crippen molar-refractivity contribution in [3.05, 3.63) is 71.8 Å². The van der Waals surface area contributed by atoms with Gasteiger partial charge in [0.2, 0.25) is 0 Å². The maximum Gasteiger partial charge on any atom is 0.314 e. The van der Waals surface area contributed by atoms with Gasteiger partial charge in [0, 0.05) is 48.8 Å². The molecular weight excluding hydrogens is 612 g/mol. The highest BCUT2D eigenvalue weighted by atomic mass is 16.6.